The normalized spacial score (nSPS) is 11.7. The second-order valence-corrected chi connectivity index (χ2v) is 6.01. The number of nitrogens with zero attached hydrogens (tertiary/aromatic N) is 3. The highest BCUT2D eigenvalue weighted by Gasteiger charge is 2.10. The molecule has 0 N–H and O–H groups in total. The maximum Gasteiger partial charge on any atom is 0.124 e. The average molecular weight is 359 g/mol. The summed E-state index contributed by atoms with van der Waals surface area (Å²) in [5.41, 5.74) is 2.18. The highest BCUT2D eigenvalue weighted by molar-refractivity contribution is 9.10. The van der Waals surface area contributed by atoms with Gasteiger partial charge in [0, 0.05) is 11.0 Å². The number of hydrogen-bond donors (Lipinski definition) is 0. The maximum atomic E-state index is 6.03. The van der Waals surface area contributed by atoms with E-state index in [1.165, 1.54) is 0 Å². The van der Waals surface area contributed by atoms with Crippen LogP contribution in [0.1, 0.15) is 26.1 Å². The highest BCUT2D eigenvalue weighted by atomic mass is 79.9. The van der Waals surface area contributed by atoms with Gasteiger partial charge in [0.2, 0.25) is 0 Å². The average Bonchev–Trinajstić information content (AvgIpc) is 2.81. The minimum Gasteiger partial charge on any atom is -0.327 e. The number of hydrogen-bond acceptors (Lipinski definition) is 2. The number of alkyl halides is 1. The zero-order valence-corrected chi connectivity index (χ0v) is 14.4. The smallest absolute Gasteiger partial charge is 0.124 e. The number of rotatable bonds is 7. The lowest BCUT2D eigenvalue weighted by Crippen LogP contribution is -2.25. The van der Waals surface area contributed by atoms with Crippen LogP contribution in [0.2, 0.25) is 0 Å². The Balaban J connectivity index is 2.17. The van der Waals surface area contributed by atoms with Crippen LogP contribution < -0.4 is 0 Å². The van der Waals surface area contributed by atoms with Crippen molar-refractivity contribution in [3.63, 3.8) is 0 Å². The van der Waals surface area contributed by atoms with Gasteiger partial charge in [0.05, 0.1) is 16.9 Å². The zero-order chi connectivity index (χ0) is 14.5. The summed E-state index contributed by atoms with van der Waals surface area (Å²) in [6, 6.07) is 6.18. The van der Waals surface area contributed by atoms with Crippen molar-refractivity contribution in [3.05, 3.63) is 28.5 Å². The third kappa shape index (κ3) is 3.54. The second kappa shape index (κ2) is 7.43. The molecular formula is C15H21BrClN3. The van der Waals surface area contributed by atoms with E-state index in [4.69, 9.17) is 11.6 Å². The van der Waals surface area contributed by atoms with Gasteiger partial charge in [0.25, 0.3) is 0 Å². The summed E-state index contributed by atoms with van der Waals surface area (Å²) >= 11 is 9.56. The lowest BCUT2D eigenvalue weighted by molar-refractivity contribution is 0.293. The first-order valence-corrected chi connectivity index (χ1v) is 8.45. The first-order chi connectivity index (χ1) is 9.69. The number of aromatic nitrogens is 2. The molecule has 3 nitrogen and oxygen atoms in total. The quantitative estimate of drug-likeness (QED) is 0.689. The van der Waals surface area contributed by atoms with Gasteiger partial charge in [-0.15, -0.1) is 11.6 Å². The van der Waals surface area contributed by atoms with E-state index in [1.54, 1.807) is 0 Å². The van der Waals surface area contributed by atoms with Crippen LogP contribution in [0.15, 0.2) is 22.7 Å². The number of aryl methyl sites for hydroxylation is 1. The minimum atomic E-state index is 0.456. The largest absolute Gasteiger partial charge is 0.327 e. The van der Waals surface area contributed by atoms with Gasteiger partial charge in [0.1, 0.15) is 5.82 Å². The Morgan fingerprint density at radius 1 is 1.30 bits per heavy atom. The van der Waals surface area contributed by atoms with Crippen LogP contribution in [0.4, 0.5) is 0 Å². The van der Waals surface area contributed by atoms with Crippen molar-refractivity contribution in [2.45, 2.75) is 32.7 Å². The fraction of sp³-hybridized carbons (Fsp3) is 0.533. The molecule has 2 rings (SSSR count). The molecule has 5 heteroatoms. The van der Waals surface area contributed by atoms with Crippen molar-refractivity contribution in [2.24, 2.45) is 0 Å². The van der Waals surface area contributed by atoms with Crippen LogP contribution in [0, 0.1) is 0 Å². The van der Waals surface area contributed by atoms with E-state index < -0.39 is 0 Å². The number of imidazole rings is 1. The predicted octanol–water partition coefficient (Wildman–Crippen LogP) is 4.27. The second-order valence-electron chi connectivity index (χ2n) is 4.83. The summed E-state index contributed by atoms with van der Waals surface area (Å²) in [5, 5.41) is 0. The molecule has 0 unspecified atom stereocenters. The molecular weight excluding hydrogens is 338 g/mol. The molecule has 0 radical (unpaired) electrons. The Hall–Kier alpha value is -0.580. The fourth-order valence-electron chi connectivity index (χ4n) is 2.49. The van der Waals surface area contributed by atoms with Crippen LogP contribution in [0.3, 0.4) is 0 Å². The summed E-state index contributed by atoms with van der Waals surface area (Å²) in [5.74, 6) is 1.41. The van der Waals surface area contributed by atoms with Gasteiger partial charge in [-0.1, -0.05) is 29.8 Å². The zero-order valence-electron chi connectivity index (χ0n) is 12.1. The number of halogens is 2. The molecule has 0 amide bonds. The van der Waals surface area contributed by atoms with E-state index in [1.807, 2.05) is 12.1 Å². The number of fused-ring (bicyclic) bond motifs is 1. The molecule has 0 bridgehead atoms. The molecule has 0 aliphatic rings. The van der Waals surface area contributed by atoms with Gasteiger partial charge in [-0.05, 0) is 44.3 Å². The monoisotopic (exact) mass is 357 g/mol. The molecule has 0 spiro atoms. The summed E-state index contributed by atoms with van der Waals surface area (Å²) in [7, 11) is 0. The van der Waals surface area contributed by atoms with Gasteiger partial charge in [0.15, 0.2) is 0 Å². The molecule has 0 aliphatic heterocycles. The van der Waals surface area contributed by atoms with E-state index in [9.17, 15) is 0 Å². The van der Waals surface area contributed by atoms with Crippen molar-refractivity contribution in [1.29, 1.82) is 0 Å². The fourth-order valence-corrected chi connectivity index (χ4v) is 3.04. The van der Waals surface area contributed by atoms with Crippen LogP contribution in [-0.4, -0.2) is 34.1 Å². The third-order valence-corrected chi connectivity index (χ3v) is 4.39. The summed E-state index contributed by atoms with van der Waals surface area (Å²) in [6.45, 7) is 8.70. The van der Waals surface area contributed by atoms with E-state index in [-0.39, 0.29) is 0 Å². The SMILES string of the molecule is CCN(CC)CCCn1c(CCl)nc2ccc(Br)cc21. The molecule has 20 heavy (non-hydrogen) atoms. The van der Waals surface area contributed by atoms with Gasteiger partial charge in [-0.2, -0.15) is 0 Å². The van der Waals surface area contributed by atoms with Crippen LogP contribution >= 0.6 is 27.5 Å². The predicted molar refractivity (Wildman–Crippen MR) is 89.4 cm³/mol. The molecule has 0 atom stereocenters. The summed E-state index contributed by atoms with van der Waals surface area (Å²) in [6.07, 6.45) is 1.11. The van der Waals surface area contributed by atoms with E-state index in [2.05, 4.69) is 50.3 Å². The topological polar surface area (TPSA) is 21.1 Å². The number of benzene rings is 1. The lowest BCUT2D eigenvalue weighted by Gasteiger charge is -2.18. The van der Waals surface area contributed by atoms with Gasteiger partial charge < -0.3 is 9.47 Å². The van der Waals surface area contributed by atoms with E-state index in [0.29, 0.717) is 5.88 Å². The molecule has 1 aromatic carbocycles. The first-order valence-electron chi connectivity index (χ1n) is 7.12. The lowest BCUT2D eigenvalue weighted by atomic mass is 10.3. The van der Waals surface area contributed by atoms with E-state index >= 15 is 0 Å². The Morgan fingerprint density at radius 2 is 2.05 bits per heavy atom. The summed E-state index contributed by atoms with van der Waals surface area (Å²) in [4.78, 5) is 7.05. The van der Waals surface area contributed by atoms with Crippen molar-refractivity contribution < 1.29 is 0 Å². The van der Waals surface area contributed by atoms with Gasteiger partial charge in [-0.25, -0.2) is 4.98 Å². The molecule has 0 fully saturated rings. The van der Waals surface area contributed by atoms with Gasteiger partial charge >= 0.3 is 0 Å². The minimum absolute atomic E-state index is 0.456. The summed E-state index contributed by atoms with van der Waals surface area (Å²) < 4.78 is 3.33. The third-order valence-electron chi connectivity index (χ3n) is 3.66. The Bertz CT molecular complexity index is 563. The van der Waals surface area contributed by atoms with Crippen LogP contribution in [0.25, 0.3) is 11.0 Å². The van der Waals surface area contributed by atoms with Crippen LogP contribution in [-0.2, 0) is 12.4 Å². The Morgan fingerprint density at radius 3 is 2.70 bits per heavy atom. The van der Waals surface area contributed by atoms with Crippen LogP contribution in [0.5, 0.6) is 0 Å². The molecule has 1 aromatic heterocycles. The molecule has 0 saturated carbocycles. The Kier molecular flexibility index (Phi) is 5.87. The first kappa shape index (κ1) is 15.8. The molecule has 2 aromatic rings. The van der Waals surface area contributed by atoms with Crippen molar-refractivity contribution in [1.82, 2.24) is 14.5 Å². The van der Waals surface area contributed by atoms with Crippen molar-refractivity contribution in [3.8, 4) is 0 Å². The van der Waals surface area contributed by atoms with Crippen molar-refractivity contribution >= 4 is 38.6 Å². The highest BCUT2D eigenvalue weighted by Crippen LogP contribution is 2.22. The molecule has 110 valence electrons. The van der Waals surface area contributed by atoms with Crippen molar-refractivity contribution in [2.75, 3.05) is 19.6 Å². The molecule has 0 saturated heterocycles. The molecule has 1 heterocycles. The van der Waals surface area contributed by atoms with E-state index in [0.717, 1.165) is 53.9 Å². The maximum absolute atomic E-state index is 6.03. The Labute approximate surface area is 134 Å². The molecule has 0 aliphatic carbocycles. The van der Waals surface area contributed by atoms with Gasteiger partial charge in [-0.3, -0.25) is 0 Å². The standard InChI is InChI=1S/C15H21BrClN3/c1-3-19(4-2)8-5-9-20-14-10-12(16)6-7-13(14)18-15(20)11-17/h6-7,10H,3-5,8-9,11H2,1-2H3.